The number of rotatable bonds is 8. The van der Waals surface area contributed by atoms with E-state index in [9.17, 15) is 8.42 Å². The molecule has 2 rings (SSSR count). The maximum Gasteiger partial charge on any atom is 0.244 e. The number of hydrogen-bond acceptors (Lipinski definition) is 5. The van der Waals surface area contributed by atoms with E-state index in [4.69, 9.17) is 0 Å². The van der Waals surface area contributed by atoms with Crippen molar-refractivity contribution < 1.29 is 8.42 Å². The number of sulfonamides is 1. The lowest BCUT2D eigenvalue weighted by molar-refractivity contribution is 0.445. The molecule has 0 aliphatic carbocycles. The summed E-state index contributed by atoms with van der Waals surface area (Å²) >= 11 is 0. The molecule has 1 aromatic heterocycles. The molecule has 7 heteroatoms. The second kappa shape index (κ2) is 8.31. The number of nitrogens with zero attached hydrogens (tertiary/aromatic N) is 3. The Morgan fingerprint density at radius 2 is 1.64 bits per heavy atom. The Bertz CT molecular complexity index is 768. The summed E-state index contributed by atoms with van der Waals surface area (Å²) in [5.74, 6) is 0.648. The second-order valence-corrected chi connectivity index (χ2v) is 7.82. The van der Waals surface area contributed by atoms with Crippen molar-refractivity contribution in [1.29, 1.82) is 0 Å². The van der Waals surface area contributed by atoms with Crippen molar-refractivity contribution in [2.75, 3.05) is 37.4 Å². The molecule has 0 unspecified atom stereocenters. The fraction of sp³-hybridized carbons (Fsp3) is 0.389. The number of aromatic nitrogens is 1. The minimum absolute atomic E-state index is 0.220. The van der Waals surface area contributed by atoms with Crippen LogP contribution in [0.3, 0.4) is 0 Å². The van der Waals surface area contributed by atoms with Crippen molar-refractivity contribution in [2.45, 2.75) is 25.3 Å². The highest BCUT2D eigenvalue weighted by Gasteiger charge is 2.21. The number of nitrogens with one attached hydrogen (secondary N) is 1. The molecule has 25 heavy (non-hydrogen) atoms. The Kier molecular flexibility index (Phi) is 6.39. The van der Waals surface area contributed by atoms with Crippen molar-refractivity contribution in [1.82, 2.24) is 9.29 Å². The molecule has 6 nitrogen and oxygen atoms in total. The van der Waals surface area contributed by atoms with Crippen molar-refractivity contribution in [3.05, 3.63) is 48.2 Å². The number of hydrogen-bond donors (Lipinski definition) is 1. The quantitative estimate of drug-likeness (QED) is 0.782. The van der Waals surface area contributed by atoms with Crippen LogP contribution in [-0.2, 0) is 16.6 Å². The van der Waals surface area contributed by atoms with Crippen LogP contribution in [0.2, 0.25) is 0 Å². The monoisotopic (exact) mass is 362 g/mol. The Balaban J connectivity index is 2.03. The highest BCUT2D eigenvalue weighted by Crippen LogP contribution is 2.17. The summed E-state index contributed by atoms with van der Waals surface area (Å²) in [6.45, 7) is 5.17. The molecule has 1 N–H and O–H groups in total. The van der Waals surface area contributed by atoms with Gasteiger partial charge in [-0.25, -0.2) is 13.4 Å². The lowest BCUT2D eigenvalue weighted by Gasteiger charge is -2.18. The maximum atomic E-state index is 12.4. The first-order valence-electron chi connectivity index (χ1n) is 8.34. The van der Waals surface area contributed by atoms with Gasteiger partial charge in [0.15, 0.2) is 0 Å². The van der Waals surface area contributed by atoms with Crippen LogP contribution in [0, 0.1) is 0 Å². The van der Waals surface area contributed by atoms with Crippen LogP contribution >= 0.6 is 0 Å². The first-order chi connectivity index (χ1) is 11.9. The zero-order valence-corrected chi connectivity index (χ0v) is 16.0. The molecule has 0 aliphatic rings. The largest absolute Gasteiger partial charge is 0.378 e. The van der Waals surface area contributed by atoms with Gasteiger partial charge in [-0.15, -0.1) is 0 Å². The summed E-state index contributed by atoms with van der Waals surface area (Å²) in [6, 6.07) is 11.5. The first kappa shape index (κ1) is 19.2. The molecule has 1 aromatic carbocycles. The highest BCUT2D eigenvalue weighted by atomic mass is 32.2. The molecular formula is C18H26N4O2S. The van der Waals surface area contributed by atoms with Gasteiger partial charge in [-0.1, -0.05) is 26.0 Å². The van der Waals surface area contributed by atoms with Gasteiger partial charge in [-0.05, 0) is 29.8 Å². The SMILES string of the molecule is CCN(CC)S(=O)(=O)c1ccc(NCc2ccc(N(C)C)cc2)nc1. The average Bonchev–Trinajstić information content (AvgIpc) is 2.61. The molecule has 1 heterocycles. The molecule has 136 valence electrons. The normalized spacial score (nSPS) is 11.6. The molecule has 0 radical (unpaired) electrons. The van der Waals surface area contributed by atoms with Crippen LogP contribution in [-0.4, -0.2) is 44.9 Å². The van der Waals surface area contributed by atoms with Gasteiger partial charge in [0.2, 0.25) is 10.0 Å². The summed E-state index contributed by atoms with van der Waals surface area (Å²) in [7, 11) is 0.550. The maximum absolute atomic E-state index is 12.4. The van der Waals surface area contributed by atoms with Crippen LogP contribution in [0.5, 0.6) is 0 Å². The van der Waals surface area contributed by atoms with E-state index in [1.807, 2.05) is 32.8 Å². The van der Waals surface area contributed by atoms with E-state index >= 15 is 0 Å². The van der Waals surface area contributed by atoms with E-state index in [2.05, 4.69) is 34.6 Å². The van der Waals surface area contributed by atoms with Gasteiger partial charge in [0, 0.05) is 45.6 Å². The van der Waals surface area contributed by atoms with Gasteiger partial charge in [0.1, 0.15) is 10.7 Å². The number of pyridine rings is 1. The highest BCUT2D eigenvalue weighted by molar-refractivity contribution is 7.89. The third-order valence-electron chi connectivity index (χ3n) is 4.01. The van der Waals surface area contributed by atoms with E-state index < -0.39 is 10.0 Å². The van der Waals surface area contributed by atoms with Gasteiger partial charge in [0.05, 0.1) is 0 Å². The molecule has 0 fully saturated rings. The van der Waals surface area contributed by atoms with Crippen LogP contribution < -0.4 is 10.2 Å². The fourth-order valence-electron chi connectivity index (χ4n) is 2.45. The minimum Gasteiger partial charge on any atom is -0.378 e. The standard InChI is InChI=1S/C18H26N4O2S/c1-5-22(6-2)25(23,24)17-11-12-18(20-14-17)19-13-15-7-9-16(10-8-15)21(3)4/h7-12,14H,5-6,13H2,1-4H3,(H,19,20). The van der Waals surface area contributed by atoms with E-state index in [1.165, 1.54) is 10.5 Å². The summed E-state index contributed by atoms with van der Waals surface area (Å²) in [4.78, 5) is 6.50. The van der Waals surface area contributed by atoms with Gasteiger partial charge < -0.3 is 10.2 Å². The molecule has 0 atom stereocenters. The lowest BCUT2D eigenvalue weighted by Crippen LogP contribution is -2.30. The predicted octanol–water partition coefficient (Wildman–Crippen LogP) is 2.79. The molecule has 2 aromatic rings. The molecule has 0 amide bonds. The average molecular weight is 362 g/mol. The topological polar surface area (TPSA) is 65.5 Å². The fourth-order valence-corrected chi connectivity index (χ4v) is 3.86. The van der Waals surface area contributed by atoms with Gasteiger partial charge in [-0.3, -0.25) is 0 Å². The van der Waals surface area contributed by atoms with Gasteiger partial charge in [0.25, 0.3) is 0 Å². The summed E-state index contributed by atoms with van der Waals surface area (Å²) in [5, 5.41) is 3.21. The second-order valence-electron chi connectivity index (χ2n) is 5.88. The Morgan fingerprint density at radius 3 is 2.12 bits per heavy atom. The van der Waals surface area contributed by atoms with Crippen molar-refractivity contribution >= 4 is 21.5 Å². The van der Waals surface area contributed by atoms with Crippen LogP contribution in [0.1, 0.15) is 19.4 Å². The van der Waals surface area contributed by atoms with Crippen molar-refractivity contribution in [2.24, 2.45) is 0 Å². The van der Waals surface area contributed by atoms with E-state index in [0.29, 0.717) is 25.5 Å². The molecule has 0 saturated carbocycles. The summed E-state index contributed by atoms with van der Waals surface area (Å²) < 4.78 is 26.3. The molecule has 0 saturated heterocycles. The molecular weight excluding hydrogens is 336 g/mol. The van der Waals surface area contributed by atoms with E-state index in [-0.39, 0.29) is 4.90 Å². The Hall–Kier alpha value is -2.12. The molecule has 0 aliphatic heterocycles. The van der Waals surface area contributed by atoms with Crippen molar-refractivity contribution in [3.63, 3.8) is 0 Å². The third kappa shape index (κ3) is 4.70. The summed E-state index contributed by atoms with van der Waals surface area (Å²) in [6.07, 6.45) is 1.41. The summed E-state index contributed by atoms with van der Waals surface area (Å²) in [5.41, 5.74) is 2.28. The molecule has 0 bridgehead atoms. The van der Waals surface area contributed by atoms with Crippen LogP contribution in [0.15, 0.2) is 47.5 Å². The third-order valence-corrected chi connectivity index (χ3v) is 6.04. The Labute approximate surface area is 150 Å². The predicted molar refractivity (Wildman–Crippen MR) is 102 cm³/mol. The first-order valence-corrected chi connectivity index (χ1v) is 9.78. The smallest absolute Gasteiger partial charge is 0.244 e. The van der Waals surface area contributed by atoms with Crippen LogP contribution in [0.25, 0.3) is 0 Å². The van der Waals surface area contributed by atoms with Gasteiger partial charge >= 0.3 is 0 Å². The number of benzene rings is 1. The zero-order valence-electron chi connectivity index (χ0n) is 15.2. The van der Waals surface area contributed by atoms with Crippen molar-refractivity contribution in [3.8, 4) is 0 Å². The van der Waals surface area contributed by atoms with Crippen LogP contribution in [0.4, 0.5) is 11.5 Å². The van der Waals surface area contributed by atoms with E-state index in [1.54, 1.807) is 12.1 Å². The van der Waals surface area contributed by atoms with E-state index in [0.717, 1.165) is 11.3 Å². The molecule has 0 spiro atoms. The lowest BCUT2D eigenvalue weighted by atomic mass is 10.2. The van der Waals surface area contributed by atoms with Gasteiger partial charge in [-0.2, -0.15) is 4.31 Å². The number of anilines is 2. The minimum atomic E-state index is -3.46. The zero-order chi connectivity index (χ0) is 18.4. The Morgan fingerprint density at radius 1 is 1.00 bits per heavy atom.